The molecule has 148 valence electrons. The standard InChI is InChI=1S/C22H28N4O2/c1-17-5-3-6-18(13-17)15-25-9-11-26(12-10-25)16-21(27)24-20-8-4-7-19(14-20)22(28)23-2/h3-8,13-14H,9-12,15-16H2,1-2H3,(H,23,28)(H,24,27)/p+2. The summed E-state index contributed by atoms with van der Waals surface area (Å²) < 4.78 is 0. The third kappa shape index (κ3) is 5.65. The molecule has 3 rings (SSSR count). The maximum absolute atomic E-state index is 12.4. The van der Waals surface area contributed by atoms with E-state index in [1.807, 2.05) is 6.07 Å². The van der Waals surface area contributed by atoms with Crippen molar-refractivity contribution >= 4 is 17.5 Å². The Morgan fingerprint density at radius 2 is 1.68 bits per heavy atom. The van der Waals surface area contributed by atoms with E-state index in [0.717, 1.165) is 32.7 Å². The van der Waals surface area contributed by atoms with Crippen molar-refractivity contribution < 1.29 is 19.4 Å². The van der Waals surface area contributed by atoms with Gasteiger partial charge in [0.1, 0.15) is 32.7 Å². The van der Waals surface area contributed by atoms with Crippen molar-refractivity contribution in [1.29, 1.82) is 0 Å². The summed E-state index contributed by atoms with van der Waals surface area (Å²) >= 11 is 0. The lowest BCUT2D eigenvalue weighted by Gasteiger charge is -2.29. The van der Waals surface area contributed by atoms with Crippen LogP contribution in [0.3, 0.4) is 0 Å². The molecule has 6 nitrogen and oxygen atoms in total. The monoisotopic (exact) mass is 382 g/mol. The van der Waals surface area contributed by atoms with Gasteiger partial charge in [-0.15, -0.1) is 0 Å². The third-order valence-electron chi connectivity index (χ3n) is 5.25. The highest BCUT2D eigenvalue weighted by Gasteiger charge is 2.25. The minimum Gasteiger partial charge on any atom is -0.355 e. The molecule has 1 fully saturated rings. The molecule has 2 aromatic rings. The molecule has 0 radical (unpaired) electrons. The maximum Gasteiger partial charge on any atom is 0.279 e. The van der Waals surface area contributed by atoms with Crippen LogP contribution in [-0.4, -0.2) is 51.6 Å². The number of aryl methyl sites for hydroxylation is 1. The number of carbonyl (C=O) groups excluding carboxylic acids is 2. The number of nitrogens with one attached hydrogen (secondary N) is 4. The highest BCUT2D eigenvalue weighted by Crippen LogP contribution is 2.10. The van der Waals surface area contributed by atoms with Crippen LogP contribution in [0.2, 0.25) is 0 Å². The van der Waals surface area contributed by atoms with Crippen LogP contribution in [0, 0.1) is 6.92 Å². The van der Waals surface area contributed by atoms with E-state index in [4.69, 9.17) is 0 Å². The second-order valence-electron chi connectivity index (χ2n) is 7.55. The molecule has 1 saturated heterocycles. The van der Waals surface area contributed by atoms with Gasteiger partial charge in [0.25, 0.3) is 11.8 Å². The Morgan fingerprint density at radius 3 is 2.39 bits per heavy atom. The van der Waals surface area contributed by atoms with Gasteiger partial charge in [-0.05, 0) is 25.1 Å². The summed E-state index contributed by atoms with van der Waals surface area (Å²) in [6.45, 7) is 7.77. The van der Waals surface area contributed by atoms with Crippen molar-refractivity contribution in [2.75, 3.05) is 45.1 Å². The highest BCUT2D eigenvalue weighted by atomic mass is 16.2. The molecule has 0 spiro atoms. The average molecular weight is 383 g/mol. The Kier molecular flexibility index (Phi) is 6.79. The second kappa shape index (κ2) is 9.48. The number of amides is 2. The van der Waals surface area contributed by atoms with E-state index in [-0.39, 0.29) is 11.8 Å². The largest absolute Gasteiger partial charge is 0.355 e. The van der Waals surface area contributed by atoms with Crippen LogP contribution in [0.1, 0.15) is 21.5 Å². The molecule has 0 unspecified atom stereocenters. The number of quaternary nitrogens is 2. The van der Waals surface area contributed by atoms with E-state index in [1.54, 1.807) is 30.1 Å². The maximum atomic E-state index is 12.4. The Balaban J connectivity index is 1.45. The molecule has 0 bridgehead atoms. The van der Waals surface area contributed by atoms with Gasteiger partial charge in [-0.2, -0.15) is 0 Å². The highest BCUT2D eigenvalue weighted by molar-refractivity contribution is 5.97. The van der Waals surface area contributed by atoms with Gasteiger partial charge in [-0.25, -0.2) is 0 Å². The first kappa shape index (κ1) is 20.0. The number of piperazine rings is 1. The Labute approximate surface area is 166 Å². The molecule has 0 aromatic heterocycles. The number of rotatable bonds is 6. The summed E-state index contributed by atoms with van der Waals surface area (Å²) in [5, 5.41) is 5.51. The van der Waals surface area contributed by atoms with Crippen LogP contribution in [0.25, 0.3) is 0 Å². The zero-order valence-corrected chi connectivity index (χ0v) is 16.7. The molecule has 6 heteroatoms. The lowest BCUT2D eigenvalue weighted by Crippen LogP contribution is -3.28. The second-order valence-corrected chi connectivity index (χ2v) is 7.55. The fourth-order valence-corrected chi connectivity index (χ4v) is 3.74. The molecule has 28 heavy (non-hydrogen) atoms. The fourth-order valence-electron chi connectivity index (χ4n) is 3.74. The van der Waals surface area contributed by atoms with Crippen molar-refractivity contribution in [3.63, 3.8) is 0 Å². The van der Waals surface area contributed by atoms with Crippen LogP contribution in [0.5, 0.6) is 0 Å². The van der Waals surface area contributed by atoms with Gasteiger partial charge in [-0.1, -0.05) is 35.9 Å². The van der Waals surface area contributed by atoms with E-state index >= 15 is 0 Å². The van der Waals surface area contributed by atoms with E-state index in [2.05, 4.69) is 41.8 Å². The molecule has 1 aliphatic rings. The van der Waals surface area contributed by atoms with Gasteiger partial charge in [0.05, 0.1) is 0 Å². The van der Waals surface area contributed by atoms with E-state index in [0.29, 0.717) is 17.8 Å². The first-order valence-electron chi connectivity index (χ1n) is 9.88. The molecule has 0 atom stereocenters. The summed E-state index contributed by atoms with van der Waals surface area (Å²) in [6, 6.07) is 15.7. The van der Waals surface area contributed by atoms with Crippen molar-refractivity contribution in [1.82, 2.24) is 5.32 Å². The lowest BCUT2D eigenvalue weighted by molar-refractivity contribution is -1.02. The SMILES string of the molecule is CNC(=O)c1cccc(NC(=O)C[NH+]2CC[NH+](Cc3cccc(C)c3)CC2)c1. The van der Waals surface area contributed by atoms with Crippen molar-refractivity contribution in [3.8, 4) is 0 Å². The molecule has 2 aromatic carbocycles. The molecule has 0 aliphatic carbocycles. The average Bonchev–Trinajstić information content (AvgIpc) is 2.69. The van der Waals surface area contributed by atoms with Crippen LogP contribution in [0.15, 0.2) is 48.5 Å². The van der Waals surface area contributed by atoms with Crippen LogP contribution < -0.4 is 20.4 Å². The normalized spacial score (nSPS) is 19.1. The van der Waals surface area contributed by atoms with E-state index in [9.17, 15) is 9.59 Å². The first-order valence-corrected chi connectivity index (χ1v) is 9.88. The quantitative estimate of drug-likeness (QED) is 0.533. The molecule has 2 amide bonds. The van der Waals surface area contributed by atoms with Gasteiger partial charge in [0.2, 0.25) is 0 Å². The Bertz CT molecular complexity index is 829. The number of hydrogen-bond acceptors (Lipinski definition) is 2. The predicted molar refractivity (Wildman–Crippen MR) is 110 cm³/mol. The summed E-state index contributed by atoms with van der Waals surface area (Å²) in [5.74, 6) is -0.166. The number of anilines is 1. The smallest absolute Gasteiger partial charge is 0.279 e. The molecule has 1 heterocycles. The van der Waals surface area contributed by atoms with E-state index in [1.165, 1.54) is 16.0 Å². The van der Waals surface area contributed by atoms with Crippen LogP contribution in [0.4, 0.5) is 5.69 Å². The zero-order valence-electron chi connectivity index (χ0n) is 16.7. The summed E-state index contributed by atoms with van der Waals surface area (Å²) in [7, 11) is 1.59. The number of carbonyl (C=O) groups is 2. The summed E-state index contributed by atoms with van der Waals surface area (Å²) in [6.07, 6.45) is 0. The van der Waals surface area contributed by atoms with Gasteiger partial charge in [-0.3, -0.25) is 9.59 Å². The Morgan fingerprint density at radius 1 is 0.964 bits per heavy atom. The zero-order chi connectivity index (χ0) is 19.9. The van der Waals surface area contributed by atoms with E-state index < -0.39 is 0 Å². The molecule has 4 N–H and O–H groups in total. The Hall–Kier alpha value is -2.70. The fraction of sp³-hybridized carbons (Fsp3) is 0.364. The topological polar surface area (TPSA) is 67.1 Å². The lowest BCUT2D eigenvalue weighted by atomic mass is 10.1. The van der Waals surface area contributed by atoms with Crippen LogP contribution in [-0.2, 0) is 11.3 Å². The van der Waals surface area contributed by atoms with Crippen molar-refractivity contribution in [3.05, 3.63) is 65.2 Å². The van der Waals surface area contributed by atoms with Crippen molar-refractivity contribution in [2.45, 2.75) is 13.5 Å². The predicted octanol–water partition coefficient (Wildman–Crippen LogP) is -0.723. The minimum atomic E-state index is -0.158. The van der Waals surface area contributed by atoms with Crippen molar-refractivity contribution in [2.24, 2.45) is 0 Å². The molecule has 1 aliphatic heterocycles. The number of benzene rings is 2. The molecular formula is C22H30N4O2+2. The molecular weight excluding hydrogens is 352 g/mol. The van der Waals surface area contributed by atoms with Gasteiger partial charge in [0.15, 0.2) is 6.54 Å². The van der Waals surface area contributed by atoms with Gasteiger partial charge in [0, 0.05) is 23.9 Å². The van der Waals surface area contributed by atoms with Gasteiger partial charge < -0.3 is 20.4 Å². The minimum absolute atomic E-state index is 0.00816. The third-order valence-corrected chi connectivity index (χ3v) is 5.25. The summed E-state index contributed by atoms with van der Waals surface area (Å²) in [4.78, 5) is 27.0. The van der Waals surface area contributed by atoms with Crippen LogP contribution >= 0.6 is 0 Å². The van der Waals surface area contributed by atoms with Gasteiger partial charge >= 0.3 is 0 Å². The summed E-state index contributed by atoms with van der Waals surface area (Å²) in [5.41, 5.74) is 3.89. The number of hydrogen-bond donors (Lipinski definition) is 4. The molecule has 0 saturated carbocycles. The first-order chi connectivity index (χ1) is 13.5.